The van der Waals surface area contributed by atoms with Crippen LogP contribution in [0.15, 0.2) is 40.0 Å². The van der Waals surface area contributed by atoms with E-state index in [1.54, 1.807) is 38.3 Å². The van der Waals surface area contributed by atoms with E-state index >= 15 is 0 Å². The van der Waals surface area contributed by atoms with Crippen molar-refractivity contribution in [3.05, 3.63) is 47.7 Å². The molecular weight excluding hydrogens is 280 g/mol. The van der Waals surface area contributed by atoms with Gasteiger partial charge in [-0.2, -0.15) is 0 Å². The van der Waals surface area contributed by atoms with E-state index < -0.39 is 10.0 Å². The van der Waals surface area contributed by atoms with Crippen LogP contribution in [0.2, 0.25) is 0 Å². The lowest BCUT2D eigenvalue weighted by atomic mass is 10.2. The maximum atomic E-state index is 12.1. The van der Waals surface area contributed by atoms with Crippen molar-refractivity contribution in [2.75, 3.05) is 7.11 Å². The normalized spacial score (nSPS) is 11.7. The molecule has 1 N–H and O–H groups in total. The zero-order valence-electron chi connectivity index (χ0n) is 11.3. The molecule has 0 radical (unpaired) electrons. The molecule has 0 aliphatic heterocycles. The summed E-state index contributed by atoms with van der Waals surface area (Å²) in [6.45, 7) is 2.28. The predicted octanol–water partition coefficient (Wildman–Crippen LogP) is 1.61. The van der Waals surface area contributed by atoms with E-state index in [0.717, 1.165) is 5.56 Å². The molecule has 0 atom stereocenters. The van der Waals surface area contributed by atoms with Gasteiger partial charge in [-0.25, -0.2) is 18.1 Å². The van der Waals surface area contributed by atoms with Crippen LogP contribution in [0, 0.1) is 6.92 Å². The highest BCUT2D eigenvalue weighted by Gasteiger charge is 2.15. The van der Waals surface area contributed by atoms with Crippen LogP contribution in [-0.2, 0) is 27.9 Å². The van der Waals surface area contributed by atoms with E-state index in [9.17, 15) is 8.42 Å². The molecule has 0 amide bonds. The fourth-order valence-electron chi connectivity index (χ4n) is 1.67. The molecule has 0 aliphatic carbocycles. The third-order valence-corrected chi connectivity index (χ3v) is 4.23. The molecule has 1 heterocycles. The SMILES string of the molecule is COCc1ccc(S(=O)(=O)NCc2ocnc2C)cc1. The van der Waals surface area contributed by atoms with Gasteiger partial charge in [0.05, 0.1) is 23.7 Å². The fraction of sp³-hybridized carbons (Fsp3) is 0.308. The van der Waals surface area contributed by atoms with E-state index in [1.165, 1.54) is 6.39 Å². The second-order valence-corrected chi connectivity index (χ2v) is 6.03. The molecule has 2 rings (SSSR count). The molecule has 0 aliphatic rings. The number of hydrogen-bond acceptors (Lipinski definition) is 5. The Hall–Kier alpha value is -1.70. The Balaban J connectivity index is 2.08. The molecule has 1 aromatic carbocycles. The Morgan fingerprint density at radius 2 is 2.00 bits per heavy atom. The number of oxazole rings is 1. The van der Waals surface area contributed by atoms with Crippen LogP contribution in [0.3, 0.4) is 0 Å². The standard InChI is InChI=1S/C13H16N2O4S/c1-10-13(19-9-14-10)7-15-20(16,17)12-5-3-11(4-6-12)8-18-2/h3-6,9,15H,7-8H2,1-2H3. The molecule has 7 heteroatoms. The number of ether oxygens (including phenoxy) is 1. The molecular formula is C13H16N2O4S. The van der Waals surface area contributed by atoms with Crippen molar-refractivity contribution >= 4 is 10.0 Å². The van der Waals surface area contributed by atoms with Crippen molar-refractivity contribution < 1.29 is 17.6 Å². The van der Waals surface area contributed by atoms with E-state index in [1.807, 2.05) is 0 Å². The van der Waals surface area contributed by atoms with Gasteiger partial charge in [0, 0.05) is 7.11 Å². The summed E-state index contributed by atoms with van der Waals surface area (Å²) in [7, 11) is -1.97. The van der Waals surface area contributed by atoms with Gasteiger partial charge in [0.2, 0.25) is 10.0 Å². The summed E-state index contributed by atoms with van der Waals surface area (Å²) in [4.78, 5) is 4.11. The van der Waals surface area contributed by atoms with Gasteiger partial charge in [0.1, 0.15) is 5.76 Å². The lowest BCUT2D eigenvalue weighted by Gasteiger charge is -2.06. The number of sulfonamides is 1. The quantitative estimate of drug-likeness (QED) is 0.875. The molecule has 0 bridgehead atoms. The summed E-state index contributed by atoms with van der Waals surface area (Å²) in [6, 6.07) is 6.53. The van der Waals surface area contributed by atoms with Crippen LogP contribution >= 0.6 is 0 Å². The maximum absolute atomic E-state index is 12.1. The lowest BCUT2D eigenvalue weighted by molar-refractivity contribution is 0.185. The molecule has 20 heavy (non-hydrogen) atoms. The van der Waals surface area contributed by atoms with Crippen LogP contribution in [0.25, 0.3) is 0 Å². The number of aromatic nitrogens is 1. The molecule has 0 unspecified atom stereocenters. The highest BCUT2D eigenvalue weighted by atomic mass is 32.2. The number of nitrogens with zero attached hydrogens (tertiary/aromatic N) is 1. The molecule has 2 aromatic rings. The summed E-state index contributed by atoms with van der Waals surface area (Å²) >= 11 is 0. The topological polar surface area (TPSA) is 81.4 Å². The minimum atomic E-state index is -3.56. The van der Waals surface area contributed by atoms with Crippen molar-refractivity contribution in [1.82, 2.24) is 9.71 Å². The predicted molar refractivity (Wildman–Crippen MR) is 72.4 cm³/mol. The zero-order chi connectivity index (χ0) is 14.6. The van der Waals surface area contributed by atoms with Crippen molar-refractivity contribution in [2.45, 2.75) is 25.0 Å². The number of aryl methyl sites for hydroxylation is 1. The average Bonchev–Trinajstić information content (AvgIpc) is 2.83. The summed E-state index contributed by atoms with van der Waals surface area (Å²) in [5, 5.41) is 0. The lowest BCUT2D eigenvalue weighted by Crippen LogP contribution is -2.23. The number of hydrogen-bond donors (Lipinski definition) is 1. The minimum absolute atomic E-state index is 0.0774. The van der Waals surface area contributed by atoms with E-state index in [2.05, 4.69) is 9.71 Å². The van der Waals surface area contributed by atoms with E-state index in [4.69, 9.17) is 9.15 Å². The monoisotopic (exact) mass is 296 g/mol. The minimum Gasteiger partial charge on any atom is -0.447 e. The average molecular weight is 296 g/mol. The number of nitrogens with one attached hydrogen (secondary N) is 1. The van der Waals surface area contributed by atoms with Crippen LogP contribution in [-0.4, -0.2) is 20.5 Å². The van der Waals surface area contributed by atoms with Crippen molar-refractivity contribution in [3.8, 4) is 0 Å². The second kappa shape index (κ2) is 6.17. The Kier molecular flexibility index (Phi) is 4.53. The van der Waals surface area contributed by atoms with Crippen LogP contribution in [0.1, 0.15) is 17.0 Å². The summed E-state index contributed by atoms with van der Waals surface area (Å²) in [5.41, 5.74) is 1.58. The van der Waals surface area contributed by atoms with Gasteiger partial charge in [0.15, 0.2) is 6.39 Å². The fourth-order valence-corrected chi connectivity index (χ4v) is 2.65. The highest BCUT2D eigenvalue weighted by Crippen LogP contribution is 2.12. The van der Waals surface area contributed by atoms with Crippen molar-refractivity contribution in [1.29, 1.82) is 0 Å². The second-order valence-electron chi connectivity index (χ2n) is 4.26. The van der Waals surface area contributed by atoms with Gasteiger partial charge in [0.25, 0.3) is 0 Å². The summed E-state index contributed by atoms with van der Waals surface area (Å²) in [6.07, 6.45) is 1.29. The van der Waals surface area contributed by atoms with Gasteiger partial charge in [-0.3, -0.25) is 0 Å². The van der Waals surface area contributed by atoms with Gasteiger partial charge < -0.3 is 9.15 Å². The van der Waals surface area contributed by atoms with Gasteiger partial charge in [-0.1, -0.05) is 12.1 Å². The third-order valence-electron chi connectivity index (χ3n) is 2.81. The molecule has 0 fully saturated rings. The smallest absolute Gasteiger partial charge is 0.240 e. The Bertz CT molecular complexity index is 662. The third kappa shape index (κ3) is 3.44. The summed E-state index contributed by atoms with van der Waals surface area (Å²) < 4.78 is 36.8. The molecule has 0 saturated heterocycles. The molecule has 108 valence electrons. The first kappa shape index (κ1) is 14.7. The maximum Gasteiger partial charge on any atom is 0.240 e. The highest BCUT2D eigenvalue weighted by molar-refractivity contribution is 7.89. The molecule has 0 spiro atoms. The van der Waals surface area contributed by atoms with Gasteiger partial charge >= 0.3 is 0 Å². The Morgan fingerprint density at radius 1 is 1.30 bits per heavy atom. The number of benzene rings is 1. The van der Waals surface area contributed by atoms with E-state index in [0.29, 0.717) is 18.1 Å². The largest absolute Gasteiger partial charge is 0.447 e. The van der Waals surface area contributed by atoms with Crippen LogP contribution in [0.4, 0.5) is 0 Å². The first-order valence-electron chi connectivity index (χ1n) is 5.99. The van der Waals surface area contributed by atoms with Crippen LogP contribution < -0.4 is 4.72 Å². The Labute approximate surface area is 117 Å². The number of methoxy groups -OCH3 is 1. The van der Waals surface area contributed by atoms with Gasteiger partial charge in [-0.15, -0.1) is 0 Å². The number of rotatable bonds is 6. The first-order valence-corrected chi connectivity index (χ1v) is 7.48. The zero-order valence-corrected chi connectivity index (χ0v) is 12.1. The Morgan fingerprint density at radius 3 is 2.55 bits per heavy atom. The van der Waals surface area contributed by atoms with Crippen molar-refractivity contribution in [2.24, 2.45) is 0 Å². The molecule has 1 aromatic heterocycles. The van der Waals surface area contributed by atoms with Gasteiger partial charge in [-0.05, 0) is 24.6 Å². The van der Waals surface area contributed by atoms with E-state index in [-0.39, 0.29) is 11.4 Å². The van der Waals surface area contributed by atoms with Crippen molar-refractivity contribution in [3.63, 3.8) is 0 Å². The first-order chi connectivity index (χ1) is 9.53. The molecule has 0 saturated carbocycles. The molecule has 6 nitrogen and oxygen atoms in total. The van der Waals surface area contributed by atoms with Crippen LogP contribution in [0.5, 0.6) is 0 Å². The summed E-state index contributed by atoms with van der Waals surface area (Å²) in [5.74, 6) is 0.504.